The van der Waals surface area contributed by atoms with E-state index in [1.165, 1.54) is 26.4 Å². The topological polar surface area (TPSA) is 93.1 Å². The van der Waals surface area contributed by atoms with Crippen molar-refractivity contribution >= 4 is 24.1 Å². The second-order valence-corrected chi connectivity index (χ2v) is 6.72. The fourth-order valence-corrected chi connectivity index (χ4v) is 2.87. The van der Waals surface area contributed by atoms with Crippen molar-refractivity contribution in [3.05, 3.63) is 119 Å². The molecule has 34 heavy (non-hydrogen) atoms. The van der Waals surface area contributed by atoms with Gasteiger partial charge in [0.2, 0.25) is 0 Å². The molecule has 6 nitrogen and oxygen atoms in total. The largest absolute Gasteiger partial charge is 0.507 e. The lowest BCUT2D eigenvalue weighted by molar-refractivity contribution is 0.0587. The fraction of sp³-hybridized carbons (Fsp3) is 0.0714. The van der Waals surface area contributed by atoms with Crippen LogP contribution in [-0.2, 0) is 9.47 Å². The molecule has 0 aliphatic heterocycles. The quantitative estimate of drug-likeness (QED) is 0.374. The van der Waals surface area contributed by atoms with Gasteiger partial charge in [0, 0.05) is 0 Å². The Balaban J connectivity index is 1.89. The minimum absolute atomic E-state index is 0.125. The van der Waals surface area contributed by atoms with Crippen LogP contribution in [0.3, 0.4) is 0 Å². The molecule has 2 aromatic carbocycles. The van der Waals surface area contributed by atoms with Gasteiger partial charge in [-0.1, -0.05) is 97.2 Å². The van der Waals surface area contributed by atoms with Crippen molar-refractivity contribution in [2.75, 3.05) is 14.2 Å². The van der Waals surface area contributed by atoms with Crippen LogP contribution in [0.2, 0.25) is 0 Å². The van der Waals surface area contributed by atoms with Crippen molar-refractivity contribution in [1.82, 2.24) is 0 Å². The van der Waals surface area contributed by atoms with Gasteiger partial charge in [-0.05, 0) is 23.3 Å². The van der Waals surface area contributed by atoms with Gasteiger partial charge in [-0.3, -0.25) is 0 Å². The van der Waals surface area contributed by atoms with Crippen LogP contribution in [0.25, 0.3) is 12.2 Å². The maximum atomic E-state index is 11.8. The normalized spacial score (nSPS) is 12.2. The number of hydrogen-bond acceptors (Lipinski definition) is 6. The van der Waals surface area contributed by atoms with Gasteiger partial charge in [-0.15, -0.1) is 0 Å². The number of carbonyl (C=O) groups excluding carboxylic acids is 2. The highest BCUT2D eigenvalue weighted by Crippen LogP contribution is 2.24. The summed E-state index contributed by atoms with van der Waals surface area (Å²) in [6, 6.07) is 9.61. The Labute approximate surface area is 198 Å². The van der Waals surface area contributed by atoms with E-state index in [4.69, 9.17) is 9.47 Å². The fourth-order valence-electron chi connectivity index (χ4n) is 2.87. The Morgan fingerprint density at radius 2 is 0.912 bits per heavy atom. The van der Waals surface area contributed by atoms with Crippen LogP contribution in [0, 0.1) is 0 Å². The SMILES string of the molecule is COC(=O)c1c(O)cccc1/C=C/C=C/C=C/C=C/C=C/C=C/c1cccc(O)c1C(=O)OC. The molecule has 0 bridgehead atoms. The smallest absolute Gasteiger partial charge is 0.342 e. The van der Waals surface area contributed by atoms with E-state index in [-0.39, 0.29) is 22.6 Å². The summed E-state index contributed by atoms with van der Waals surface area (Å²) in [5.41, 5.74) is 1.37. The first-order valence-electron chi connectivity index (χ1n) is 10.3. The summed E-state index contributed by atoms with van der Waals surface area (Å²) in [5, 5.41) is 19.7. The molecule has 0 aromatic heterocycles. The predicted molar refractivity (Wildman–Crippen MR) is 134 cm³/mol. The Hall–Kier alpha value is -4.58. The van der Waals surface area contributed by atoms with Crippen molar-refractivity contribution in [2.45, 2.75) is 0 Å². The van der Waals surface area contributed by atoms with Crippen molar-refractivity contribution in [3.63, 3.8) is 0 Å². The second kappa shape index (κ2) is 13.8. The minimum Gasteiger partial charge on any atom is -0.507 e. The molecule has 0 fully saturated rings. The number of phenols is 2. The first kappa shape index (κ1) is 25.7. The van der Waals surface area contributed by atoms with Gasteiger partial charge in [0.05, 0.1) is 14.2 Å². The van der Waals surface area contributed by atoms with E-state index in [1.54, 1.807) is 60.7 Å². The lowest BCUT2D eigenvalue weighted by atomic mass is 10.1. The Morgan fingerprint density at radius 3 is 1.24 bits per heavy atom. The van der Waals surface area contributed by atoms with Crippen LogP contribution < -0.4 is 0 Å². The van der Waals surface area contributed by atoms with Crippen LogP contribution in [-0.4, -0.2) is 36.4 Å². The van der Waals surface area contributed by atoms with E-state index in [9.17, 15) is 19.8 Å². The van der Waals surface area contributed by atoms with Gasteiger partial charge in [-0.2, -0.15) is 0 Å². The third-order valence-corrected chi connectivity index (χ3v) is 4.48. The summed E-state index contributed by atoms with van der Waals surface area (Å²) >= 11 is 0. The number of ether oxygens (including phenoxy) is 2. The molecule has 174 valence electrons. The summed E-state index contributed by atoms with van der Waals surface area (Å²) in [5.74, 6) is -1.45. The minimum atomic E-state index is -0.597. The summed E-state index contributed by atoms with van der Waals surface area (Å²) in [7, 11) is 2.53. The summed E-state index contributed by atoms with van der Waals surface area (Å²) in [6.45, 7) is 0. The monoisotopic (exact) mass is 458 g/mol. The molecule has 0 atom stereocenters. The molecular weight excluding hydrogens is 432 g/mol. The number of allylic oxidation sites excluding steroid dienone is 10. The molecule has 0 amide bonds. The van der Waals surface area contributed by atoms with Crippen LogP contribution in [0.1, 0.15) is 31.8 Å². The molecule has 0 unspecified atom stereocenters. The molecular formula is C28H26O6. The predicted octanol–water partition coefficient (Wildman–Crippen LogP) is 5.62. The van der Waals surface area contributed by atoms with Gasteiger partial charge in [0.1, 0.15) is 22.6 Å². The van der Waals surface area contributed by atoms with Crippen LogP contribution in [0.4, 0.5) is 0 Å². The molecule has 0 aliphatic rings. The number of phenolic OH excluding ortho intramolecular Hbond substituents is 2. The molecule has 0 saturated heterocycles. The van der Waals surface area contributed by atoms with E-state index in [0.29, 0.717) is 11.1 Å². The maximum Gasteiger partial charge on any atom is 0.342 e. The third-order valence-electron chi connectivity index (χ3n) is 4.48. The molecule has 0 saturated carbocycles. The van der Waals surface area contributed by atoms with Crippen LogP contribution >= 0.6 is 0 Å². The van der Waals surface area contributed by atoms with E-state index in [2.05, 4.69) is 0 Å². The molecule has 2 rings (SSSR count). The Morgan fingerprint density at radius 1 is 0.588 bits per heavy atom. The standard InChI is InChI=1S/C28H26O6/c1-33-27(31)25-21(17-13-19-23(25)29)15-11-9-7-5-3-4-6-8-10-12-16-22-18-14-20-24(30)26(22)28(32)34-2/h3-20,29-30H,1-2H3/b5-3+,6-4+,9-7+,10-8+,15-11+,16-12+. The van der Waals surface area contributed by atoms with Crippen molar-refractivity contribution in [1.29, 1.82) is 0 Å². The first-order chi connectivity index (χ1) is 16.5. The van der Waals surface area contributed by atoms with Crippen LogP contribution in [0.5, 0.6) is 11.5 Å². The molecule has 6 heteroatoms. The highest BCUT2D eigenvalue weighted by Gasteiger charge is 2.15. The number of carbonyl (C=O) groups is 2. The number of aromatic hydroxyl groups is 2. The van der Waals surface area contributed by atoms with E-state index < -0.39 is 11.9 Å². The molecule has 0 heterocycles. The summed E-state index contributed by atoms with van der Waals surface area (Å²) in [4.78, 5) is 23.6. The Bertz CT molecular complexity index is 1090. The zero-order chi connectivity index (χ0) is 24.8. The number of esters is 2. The number of benzene rings is 2. The van der Waals surface area contributed by atoms with E-state index in [1.807, 2.05) is 36.5 Å². The lowest BCUT2D eigenvalue weighted by Gasteiger charge is -2.05. The van der Waals surface area contributed by atoms with Gasteiger partial charge in [0.15, 0.2) is 0 Å². The van der Waals surface area contributed by atoms with Crippen molar-refractivity contribution in [2.24, 2.45) is 0 Å². The highest BCUT2D eigenvalue weighted by atomic mass is 16.5. The summed E-state index contributed by atoms with van der Waals surface area (Å²) < 4.78 is 9.41. The van der Waals surface area contributed by atoms with E-state index >= 15 is 0 Å². The Kier molecular flexibility index (Phi) is 10.4. The first-order valence-corrected chi connectivity index (χ1v) is 10.3. The maximum absolute atomic E-state index is 11.8. The van der Waals surface area contributed by atoms with Crippen molar-refractivity contribution in [3.8, 4) is 11.5 Å². The average molecular weight is 459 g/mol. The van der Waals surface area contributed by atoms with Gasteiger partial charge >= 0.3 is 11.9 Å². The second-order valence-electron chi connectivity index (χ2n) is 6.72. The van der Waals surface area contributed by atoms with Crippen molar-refractivity contribution < 1.29 is 29.3 Å². The van der Waals surface area contributed by atoms with Crippen LogP contribution in [0.15, 0.2) is 97.2 Å². The zero-order valence-electron chi connectivity index (χ0n) is 18.9. The zero-order valence-corrected chi connectivity index (χ0v) is 18.9. The number of methoxy groups -OCH3 is 2. The molecule has 2 aromatic rings. The lowest BCUT2D eigenvalue weighted by Crippen LogP contribution is -2.03. The average Bonchev–Trinajstić information content (AvgIpc) is 2.84. The molecule has 0 spiro atoms. The van der Waals surface area contributed by atoms with E-state index in [0.717, 1.165) is 0 Å². The third kappa shape index (κ3) is 7.53. The van der Waals surface area contributed by atoms with Gasteiger partial charge in [0.25, 0.3) is 0 Å². The van der Waals surface area contributed by atoms with Gasteiger partial charge in [-0.25, -0.2) is 9.59 Å². The molecule has 0 aliphatic carbocycles. The summed E-state index contributed by atoms with van der Waals surface area (Å²) in [6.07, 6.45) is 21.5. The highest BCUT2D eigenvalue weighted by molar-refractivity contribution is 5.97. The number of rotatable bonds is 9. The molecule has 2 N–H and O–H groups in total. The van der Waals surface area contributed by atoms with Gasteiger partial charge < -0.3 is 19.7 Å². The number of hydrogen-bond donors (Lipinski definition) is 2. The molecule has 0 radical (unpaired) electrons.